The summed E-state index contributed by atoms with van der Waals surface area (Å²) in [5.41, 5.74) is 0.217. The molecule has 5 heteroatoms. The molecule has 2 rings (SSSR count). The number of para-hydroxylation sites is 1. The first-order valence-corrected chi connectivity index (χ1v) is 5.93. The van der Waals surface area contributed by atoms with Gasteiger partial charge in [0.05, 0.1) is 5.69 Å². The number of nitrogens with zero attached hydrogens (tertiary/aromatic N) is 1. The lowest BCUT2D eigenvalue weighted by molar-refractivity contribution is 0.377. The van der Waals surface area contributed by atoms with Crippen LogP contribution in [0.15, 0.2) is 35.6 Å². The van der Waals surface area contributed by atoms with Crippen LogP contribution < -0.4 is 5.32 Å². The average molecular weight is 262 g/mol. The average Bonchev–Trinajstić information content (AvgIpc) is 3.17. The van der Waals surface area contributed by atoms with E-state index < -0.39 is 5.82 Å². The van der Waals surface area contributed by atoms with E-state index in [1.165, 1.54) is 12.1 Å². The highest BCUT2D eigenvalue weighted by atomic mass is 32.1. The Kier molecular flexibility index (Phi) is 3.58. The number of anilines is 1. The fourth-order valence-corrected chi connectivity index (χ4v) is 1.79. The Morgan fingerprint density at radius 2 is 2.11 bits per heavy atom. The number of aliphatic hydroxyl groups excluding tert-OH is 1. The third kappa shape index (κ3) is 2.66. The summed E-state index contributed by atoms with van der Waals surface area (Å²) in [6, 6.07) is 7.90. The Bertz CT molecular complexity index is 558. The molecule has 0 spiro atoms. The van der Waals surface area contributed by atoms with Crippen LogP contribution in [0.5, 0.6) is 0 Å². The van der Waals surface area contributed by atoms with E-state index in [0.29, 0.717) is 0 Å². The standard InChI is InChI=1S/C13H11FN2OS/c14-10-3-1-2-4-11(10)16-13(18)9(7-15)12(17)8-5-6-8/h1-4,8,17H,5-6H2,(H,16,18)/b12-9-. The van der Waals surface area contributed by atoms with E-state index in [0.717, 1.165) is 12.8 Å². The lowest BCUT2D eigenvalue weighted by Crippen LogP contribution is -2.14. The van der Waals surface area contributed by atoms with Crippen molar-refractivity contribution in [1.82, 2.24) is 0 Å². The Labute approximate surface area is 110 Å². The quantitative estimate of drug-likeness (QED) is 0.380. The number of nitriles is 1. The predicted molar refractivity (Wildman–Crippen MR) is 70.6 cm³/mol. The number of hydrogen-bond donors (Lipinski definition) is 2. The maximum atomic E-state index is 13.4. The van der Waals surface area contributed by atoms with Crippen molar-refractivity contribution >= 4 is 22.9 Å². The summed E-state index contributed by atoms with van der Waals surface area (Å²) in [5.74, 6) is -0.422. The van der Waals surface area contributed by atoms with E-state index in [4.69, 9.17) is 17.5 Å². The number of hydrogen-bond acceptors (Lipinski definition) is 3. The molecule has 1 aliphatic rings. The van der Waals surface area contributed by atoms with Crippen LogP contribution in [0.25, 0.3) is 0 Å². The van der Waals surface area contributed by atoms with Gasteiger partial charge in [-0.05, 0) is 25.0 Å². The van der Waals surface area contributed by atoms with Crippen molar-refractivity contribution in [2.24, 2.45) is 5.92 Å². The first-order chi connectivity index (χ1) is 8.63. The molecule has 18 heavy (non-hydrogen) atoms. The summed E-state index contributed by atoms with van der Waals surface area (Å²) in [5, 5.41) is 21.4. The SMILES string of the molecule is N#C/C(C(=S)Nc1ccccc1F)=C(/O)C1CC1. The minimum Gasteiger partial charge on any atom is -0.511 e. The second kappa shape index (κ2) is 5.15. The molecule has 0 aliphatic heterocycles. The van der Waals surface area contributed by atoms with Gasteiger partial charge in [-0.3, -0.25) is 0 Å². The molecule has 0 aromatic heterocycles. The molecule has 0 unspecified atom stereocenters. The molecule has 2 N–H and O–H groups in total. The zero-order valence-electron chi connectivity index (χ0n) is 9.48. The lowest BCUT2D eigenvalue weighted by atomic mass is 10.2. The summed E-state index contributed by atoms with van der Waals surface area (Å²) >= 11 is 5.02. The van der Waals surface area contributed by atoms with Gasteiger partial charge in [-0.2, -0.15) is 5.26 Å². The molecule has 0 atom stereocenters. The molecule has 3 nitrogen and oxygen atoms in total. The summed E-state index contributed by atoms with van der Waals surface area (Å²) < 4.78 is 13.4. The molecule has 0 radical (unpaired) electrons. The molecule has 0 amide bonds. The van der Waals surface area contributed by atoms with Gasteiger partial charge in [-0.15, -0.1) is 0 Å². The van der Waals surface area contributed by atoms with Crippen molar-refractivity contribution in [1.29, 1.82) is 5.26 Å². The topological polar surface area (TPSA) is 56.0 Å². The molecule has 1 aromatic rings. The monoisotopic (exact) mass is 262 g/mol. The van der Waals surface area contributed by atoms with E-state index in [2.05, 4.69) is 5.32 Å². The Balaban J connectivity index is 2.19. The van der Waals surface area contributed by atoms with E-state index in [-0.39, 0.29) is 27.9 Å². The van der Waals surface area contributed by atoms with Crippen LogP contribution in [0.3, 0.4) is 0 Å². The zero-order chi connectivity index (χ0) is 13.1. The Hall–Kier alpha value is -1.93. The highest BCUT2D eigenvalue weighted by molar-refractivity contribution is 7.81. The van der Waals surface area contributed by atoms with Gasteiger partial charge in [0.1, 0.15) is 28.2 Å². The number of aliphatic hydroxyl groups is 1. The molecular formula is C13H11FN2OS. The van der Waals surface area contributed by atoms with Gasteiger partial charge in [-0.25, -0.2) is 4.39 Å². The number of halogens is 1. The van der Waals surface area contributed by atoms with Crippen molar-refractivity contribution in [3.05, 3.63) is 41.4 Å². The molecule has 1 aromatic carbocycles. The third-order valence-electron chi connectivity index (χ3n) is 2.68. The third-order valence-corrected chi connectivity index (χ3v) is 2.99. The van der Waals surface area contributed by atoms with Gasteiger partial charge in [0.25, 0.3) is 0 Å². The van der Waals surface area contributed by atoms with Crippen molar-refractivity contribution in [2.75, 3.05) is 5.32 Å². The molecule has 0 bridgehead atoms. The van der Waals surface area contributed by atoms with Crippen molar-refractivity contribution in [3.8, 4) is 6.07 Å². The van der Waals surface area contributed by atoms with Crippen LogP contribution in [0.1, 0.15) is 12.8 Å². The number of thiocarbonyl (C=S) groups is 1. The Morgan fingerprint density at radius 1 is 1.44 bits per heavy atom. The fourth-order valence-electron chi connectivity index (χ4n) is 1.53. The van der Waals surface area contributed by atoms with E-state index in [1.807, 2.05) is 6.07 Å². The molecule has 1 aliphatic carbocycles. The number of benzene rings is 1. The van der Waals surface area contributed by atoms with Gasteiger partial charge in [-0.1, -0.05) is 24.4 Å². The summed E-state index contributed by atoms with van der Waals surface area (Å²) in [7, 11) is 0. The molecule has 1 saturated carbocycles. The van der Waals surface area contributed by atoms with E-state index in [9.17, 15) is 9.50 Å². The van der Waals surface area contributed by atoms with Crippen LogP contribution >= 0.6 is 12.2 Å². The largest absolute Gasteiger partial charge is 0.511 e. The van der Waals surface area contributed by atoms with Gasteiger partial charge in [0.15, 0.2) is 0 Å². The van der Waals surface area contributed by atoms with Gasteiger partial charge in [0, 0.05) is 5.92 Å². The molecule has 1 fully saturated rings. The zero-order valence-corrected chi connectivity index (χ0v) is 10.3. The fraction of sp³-hybridized carbons (Fsp3) is 0.231. The minimum absolute atomic E-state index is 0.00587. The van der Waals surface area contributed by atoms with Crippen molar-refractivity contribution < 1.29 is 9.50 Å². The second-order valence-electron chi connectivity index (χ2n) is 4.08. The molecule has 92 valence electrons. The first kappa shape index (κ1) is 12.5. The molecule has 0 heterocycles. The maximum Gasteiger partial charge on any atom is 0.146 e. The van der Waals surface area contributed by atoms with Crippen molar-refractivity contribution in [2.45, 2.75) is 12.8 Å². The number of rotatable bonds is 3. The van der Waals surface area contributed by atoms with Crippen LogP contribution in [-0.4, -0.2) is 10.1 Å². The van der Waals surface area contributed by atoms with Gasteiger partial charge in [0.2, 0.25) is 0 Å². The normalized spacial score (nSPS) is 15.6. The predicted octanol–water partition coefficient (Wildman–Crippen LogP) is 3.31. The summed E-state index contributed by atoms with van der Waals surface area (Å²) in [4.78, 5) is 0.0481. The molecular weight excluding hydrogens is 251 g/mol. The highest BCUT2D eigenvalue weighted by Gasteiger charge is 2.29. The summed E-state index contributed by atoms with van der Waals surface area (Å²) in [6.07, 6.45) is 1.72. The second-order valence-corrected chi connectivity index (χ2v) is 4.49. The van der Waals surface area contributed by atoms with Crippen LogP contribution in [0.2, 0.25) is 0 Å². The Morgan fingerprint density at radius 3 is 2.67 bits per heavy atom. The highest BCUT2D eigenvalue weighted by Crippen LogP contribution is 2.36. The van der Waals surface area contributed by atoms with Crippen LogP contribution in [0, 0.1) is 23.1 Å². The lowest BCUT2D eigenvalue weighted by Gasteiger charge is -2.09. The van der Waals surface area contributed by atoms with Crippen molar-refractivity contribution in [3.63, 3.8) is 0 Å². The van der Waals surface area contributed by atoms with Gasteiger partial charge >= 0.3 is 0 Å². The van der Waals surface area contributed by atoms with Gasteiger partial charge < -0.3 is 10.4 Å². The number of nitrogens with one attached hydrogen (secondary N) is 1. The van der Waals surface area contributed by atoms with Crippen LogP contribution in [-0.2, 0) is 0 Å². The molecule has 0 saturated heterocycles. The first-order valence-electron chi connectivity index (χ1n) is 5.52. The minimum atomic E-state index is -0.456. The maximum absolute atomic E-state index is 13.4. The van der Waals surface area contributed by atoms with Crippen LogP contribution in [0.4, 0.5) is 10.1 Å². The number of allylic oxidation sites excluding steroid dienone is 1. The van der Waals surface area contributed by atoms with E-state index >= 15 is 0 Å². The summed E-state index contributed by atoms with van der Waals surface area (Å²) in [6.45, 7) is 0. The smallest absolute Gasteiger partial charge is 0.146 e. The van der Waals surface area contributed by atoms with E-state index in [1.54, 1.807) is 12.1 Å².